The molecule has 0 fully saturated rings. The van der Waals surface area contributed by atoms with Crippen LogP contribution in [0.3, 0.4) is 0 Å². The van der Waals surface area contributed by atoms with Crippen molar-refractivity contribution in [3.63, 3.8) is 0 Å². The predicted octanol–water partition coefficient (Wildman–Crippen LogP) is 2.25. The molecule has 0 spiro atoms. The highest BCUT2D eigenvalue weighted by Gasteiger charge is 2.35. The van der Waals surface area contributed by atoms with Crippen LogP contribution in [-0.4, -0.2) is 23.7 Å². The summed E-state index contributed by atoms with van der Waals surface area (Å²) >= 11 is 5.97. The highest BCUT2D eigenvalue weighted by Crippen LogP contribution is 2.44. The number of hydrogen-bond acceptors (Lipinski definition) is 5. The number of carbonyl (C=O) groups excluding carboxylic acids is 1. The number of fused-ring (bicyclic) bond motifs is 1. The number of anilines is 1. The number of benzene rings is 1. The van der Waals surface area contributed by atoms with Gasteiger partial charge in [0.05, 0.1) is 15.5 Å². The number of nitrogens with one attached hydrogen (secondary N) is 1. The molecule has 94 valence electrons. The van der Waals surface area contributed by atoms with Gasteiger partial charge in [0.15, 0.2) is 6.23 Å². The molecule has 1 unspecified atom stereocenters. The van der Waals surface area contributed by atoms with E-state index in [1.165, 1.54) is 12.1 Å². The van der Waals surface area contributed by atoms with Crippen molar-refractivity contribution in [2.24, 2.45) is 0 Å². The Labute approximate surface area is 107 Å². The van der Waals surface area contributed by atoms with Crippen LogP contribution in [-0.2, 0) is 9.53 Å². The van der Waals surface area contributed by atoms with Crippen molar-refractivity contribution in [3.05, 3.63) is 32.8 Å². The van der Waals surface area contributed by atoms with E-state index >= 15 is 0 Å². The molecule has 1 aromatic carbocycles. The van der Waals surface area contributed by atoms with Crippen LogP contribution in [0.15, 0.2) is 12.1 Å². The minimum Gasteiger partial charge on any atom is -0.354 e. The third-order valence-electron chi connectivity index (χ3n) is 2.58. The van der Waals surface area contributed by atoms with Gasteiger partial charge in [0.25, 0.3) is 5.69 Å². The third kappa shape index (κ3) is 1.86. The second-order valence-corrected chi connectivity index (χ2v) is 3.98. The maximum Gasteiger partial charge on any atom is 0.293 e. The number of ether oxygens (including phenoxy) is 1. The van der Waals surface area contributed by atoms with E-state index in [0.29, 0.717) is 12.2 Å². The Bertz CT molecular complexity index is 566. The summed E-state index contributed by atoms with van der Waals surface area (Å²) in [5.41, 5.74) is 0.494. The summed E-state index contributed by atoms with van der Waals surface area (Å²) in [7, 11) is 0. The Morgan fingerprint density at radius 1 is 1.61 bits per heavy atom. The van der Waals surface area contributed by atoms with Gasteiger partial charge in [-0.1, -0.05) is 11.6 Å². The van der Waals surface area contributed by atoms with Gasteiger partial charge in [-0.25, -0.2) is 4.79 Å². The molecule has 6 nitrogen and oxygen atoms in total. The van der Waals surface area contributed by atoms with Gasteiger partial charge in [0.2, 0.25) is 0 Å². The van der Waals surface area contributed by atoms with E-state index in [9.17, 15) is 14.9 Å². The van der Waals surface area contributed by atoms with E-state index in [1.54, 1.807) is 12.9 Å². The number of rotatable bonds is 3. The topological polar surface area (TPSA) is 81.5 Å². The second-order valence-electron chi connectivity index (χ2n) is 3.57. The average Bonchev–Trinajstić information content (AvgIpc) is 2.68. The van der Waals surface area contributed by atoms with E-state index in [2.05, 4.69) is 5.32 Å². The summed E-state index contributed by atoms with van der Waals surface area (Å²) in [4.78, 5) is 21.3. The van der Waals surface area contributed by atoms with Crippen LogP contribution >= 0.6 is 11.6 Å². The van der Waals surface area contributed by atoms with Gasteiger partial charge in [-0.2, -0.15) is 0 Å². The van der Waals surface area contributed by atoms with Crippen LogP contribution < -0.4 is 5.32 Å². The van der Waals surface area contributed by atoms with Crippen LogP contribution in [0.1, 0.15) is 12.5 Å². The van der Waals surface area contributed by atoms with E-state index in [-0.39, 0.29) is 22.0 Å². The monoisotopic (exact) mass is 268 g/mol. The molecule has 0 aliphatic carbocycles. The van der Waals surface area contributed by atoms with Crippen molar-refractivity contribution in [1.82, 2.24) is 0 Å². The van der Waals surface area contributed by atoms with Crippen LogP contribution in [0.25, 0.3) is 5.57 Å². The largest absolute Gasteiger partial charge is 0.354 e. The van der Waals surface area contributed by atoms with Crippen LogP contribution in [0.5, 0.6) is 0 Å². The normalized spacial score (nSPS) is 17.0. The molecule has 1 heterocycles. The summed E-state index contributed by atoms with van der Waals surface area (Å²) in [6.07, 6.45) is -0.749. The Kier molecular flexibility index (Phi) is 3.34. The number of nitro groups is 1. The first-order chi connectivity index (χ1) is 8.60. The van der Waals surface area contributed by atoms with Gasteiger partial charge in [-0.15, -0.1) is 0 Å². The van der Waals surface area contributed by atoms with E-state index in [0.717, 1.165) is 0 Å². The summed E-state index contributed by atoms with van der Waals surface area (Å²) in [5, 5.41) is 13.9. The molecule has 0 radical (unpaired) electrons. The highest BCUT2D eigenvalue weighted by atomic mass is 35.5. The zero-order valence-electron chi connectivity index (χ0n) is 9.40. The van der Waals surface area contributed by atoms with Crippen molar-refractivity contribution < 1.29 is 14.5 Å². The molecule has 1 aliphatic heterocycles. The highest BCUT2D eigenvalue weighted by molar-refractivity contribution is 6.34. The fourth-order valence-corrected chi connectivity index (χ4v) is 2.12. The summed E-state index contributed by atoms with van der Waals surface area (Å²) in [5.74, 6) is 1.73. The van der Waals surface area contributed by atoms with E-state index < -0.39 is 11.2 Å². The van der Waals surface area contributed by atoms with Crippen LogP contribution in [0, 0.1) is 10.1 Å². The lowest BCUT2D eigenvalue weighted by atomic mass is 10.1. The lowest BCUT2D eigenvalue weighted by molar-refractivity contribution is -0.384. The molecule has 1 aliphatic rings. The van der Waals surface area contributed by atoms with E-state index in [1.807, 2.05) is 0 Å². The van der Waals surface area contributed by atoms with Gasteiger partial charge in [0, 0.05) is 18.2 Å². The molecule has 1 N–H and O–H groups in total. The Balaban J connectivity index is 2.62. The number of nitrogens with zero attached hydrogens (tertiary/aromatic N) is 1. The minimum absolute atomic E-state index is 0.149. The predicted molar refractivity (Wildman–Crippen MR) is 66.2 cm³/mol. The molecule has 2 rings (SSSR count). The first kappa shape index (κ1) is 12.6. The van der Waals surface area contributed by atoms with Crippen molar-refractivity contribution >= 4 is 34.5 Å². The molecule has 18 heavy (non-hydrogen) atoms. The fourth-order valence-electron chi connectivity index (χ4n) is 1.86. The van der Waals surface area contributed by atoms with Crippen molar-refractivity contribution in [1.29, 1.82) is 0 Å². The van der Waals surface area contributed by atoms with Gasteiger partial charge in [-0.05, 0) is 13.0 Å². The summed E-state index contributed by atoms with van der Waals surface area (Å²) in [6, 6.07) is 2.66. The third-order valence-corrected chi connectivity index (χ3v) is 2.89. The molecule has 0 amide bonds. The first-order valence-electron chi connectivity index (χ1n) is 5.20. The second kappa shape index (κ2) is 4.78. The van der Waals surface area contributed by atoms with Gasteiger partial charge >= 0.3 is 0 Å². The Morgan fingerprint density at radius 3 is 2.89 bits per heavy atom. The average molecular weight is 269 g/mol. The zero-order chi connectivity index (χ0) is 13.3. The van der Waals surface area contributed by atoms with E-state index in [4.69, 9.17) is 16.3 Å². The van der Waals surface area contributed by atoms with Crippen LogP contribution in [0.4, 0.5) is 11.4 Å². The molecule has 0 saturated heterocycles. The van der Waals surface area contributed by atoms with Crippen LogP contribution in [0.2, 0.25) is 5.02 Å². The molecule has 1 atom stereocenters. The summed E-state index contributed by atoms with van der Waals surface area (Å²) in [6.45, 7) is 2.10. The molecule has 7 heteroatoms. The first-order valence-corrected chi connectivity index (χ1v) is 5.58. The maximum atomic E-state index is 11.0. The number of hydrogen-bond donors (Lipinski definition) is 1. The molecule has 0 aromatic heterocycles. The Hall–Kier alpha value is -1.88. The maximum absolute atomic E-state index is 11.0. The minimum atomic E-state index is -0.749. The quantitative estimate of drug-likeness (QED) is 0.516. The van der Waals surface area contributed by atoms with Gasteiger partial charge < -0.3 is 10.1 Å². The van der Waals surface area contributed by atoms with Crippen molar-refractivity contribution in [2.45, 2.75) is 13.2 Å². The lowest BCUT2D eigenvalue weighted by Gasteiger charge is -2.10. The standard InChI is InChI=1S/C11H9ClN2O4/c1-2-18-11-6(5-15)9-7(12)3-4-8(14(16)17)10(9)13-11/h3-4,11,13H,2H2,1H3. The fraction of sp³-hybridized carbons (Fsp3) is 0.273. The summed E-state index contributed by atoms with van der Waals surface area (Å²) < 4.78 is 5.29. The van der Waals surface area contributed by atoms with Crippen molar-refractivity contribution in [2.75, 3.05) is 11.9 Å². The molecular weight excluding hydrogens is 260 g/mol. The zero-order valence-corrected chi connectivity index (χ0v) is 10.2. The van der Waals surface area contributed by atoms with Crippen molar-refractivity contribution in [3.8, 4) is 0 Å². The van der Waals surface area contributed by atoms with Gasteiger partial charge in [-0.3, -0.25) is 10.1 Å². The molecular formula is C11H9ClN2O4. The number of nitro benzene ring substituents is 1. The number of halogens is 1. The Morgan fingerprint density at radius 2 is 2.33 bits per heavy atom. The molecule has 0 bridgehead atoms. The van der Waals surface area contributed by atoms with Gasteiger partial charge in [0.1, 0.15) is 11.6 Å². The lowest BCUT2D eigenvalue weighted by Crippen LogP contribution is -2.19. The molecule has 0 saturated carbocycles. The SMILES string of the molecule is CCOC1Nc2c([N+](=O)[O-])ccc(Cl)c2C1=C=O. The molecule has 1 aromatic rings. The smallest absolute Gasteiger partial charge is 0.293 e.